The topological polar surface area (TPSA) is 104 Å². The maximum absolute atomic E-state index is 12.5. The van der Waals surface area contributed by atoms with E-state index in [4.69, 9.17) is 0 Å². The second-order valence-corrected chi connectivity index (χ2v) is 5.93. The molecule has 1 amide bonds. The van der Waals surface area contributed by atoms with Gasteiger partial charge in [-0.2, -0.15) is 0 Å². The van der Waals surface area contributed by atoms with Gasteiger partial charge >= 0.3 is 6.36 Å². The number of aromatic nitrogens is 1. The van der Waals surface area contributed by atoms with Crippen molar-refractivity contribution in [3.8, 4) is 11.5 Å². The number of nitrogens with one attached hydrogen (secondary N) is 2. The zero-order valence-electron chi connectivity index (χ0n) is 13.3. The van der Waals surface area contributed by atoms with E-state index in [1.807, 2.05) is 0 Å². The number of alkyl halides is 3. The van der Waals surface area contributed by atoms with Crippen LogP contribution in [0, 0.1) is 4.91 Å². The van der Waals surface area contributed by atoms with Crippen molar-refractivity contribution >= 4 is 28.2 Å². The van der Waals surface area contributed by atoms with Gasteiger partial charge in [-0.1, -0.05) is 0 Å². The number of nitrogens with zero attached hydrogens (tertiary/aromatic N) is 1. The van der Waals surface area contributed by atoms with Crippen LogP contribution in [0.4, 0.5) is 24.5 Å². The van der Waals surface area contributed by atoms with E-state index in [-0.39, 0.29) is 22.7 Å². The zero-order valence-corrected chi connectivity index (χ0v) is 13.3. The lowest BCUT2D eigenvalue weighted by molar-refractivity contribution is -0.274. The minimum Gasteiger partial charge on any atom is -0.508 e. The number of amides is 1. The molecule has 1 aliphatic rings. The number of carbonyl (C=O) groups is 1. The number of anilines is 1. The Morgan fingerprint density at radius 2 is 1.93 bits per heavy atom. The van der Waals surface area contributed by atoms with Crippen LogP contribution >= 0.6 is 0 Å². The number of phenolic OH excluding ortho intramolecular Hbond substituents is 1. The maximum atomic E-state index is 12.5. The molecule has 2 aromatic carbocycles. The highest BCUT2D eigenvalue weighted by atomic mass is 19.4. The van der Waals surface area contributed by atoms with E-state index in [0.29, 0.717) is 16.6 Å². The molecule has 27 heavy (non-hydrogen) atoms. The predicted molar refractivity (Wildman–Crippen MR) is 89.0 cm³/mol. The number of hydrogen-bond donors (Lipinski definition) is 3. The number of phenols is 1. The highest BCUT2D eigenvalue weighted by molar-refractivity contribution is 6.07. The van der Waals surface area contributed by atoms with Crippen LogP contribution in [-0.2, 0) is 4.79 Å². The first-order valence-electron chi connectivity index (χ1n) is 7.65. The fourth-order valence-electron chi connectivity index (χ4n) is 3.22. The van der Waals surface area contributed by atoms with Crippen molar-refractivity contribution in [1.82, 2.24) is 4.98 Å². The summed E-state index contributed by atoms with van der Waals surface area (Å²) in [5.41, 5.74) is 0.976. The third-order valence-corrected chi connectivity index (χ3v) is 4.25. The molecule has 0 saturated heterocycles. The van der Waals surface area contributed by atoms with Gasteiger partial charge in [0.1, 0.15) is 23.1 Å². The Hall–Kier alpha value is -3.56. The van der Waals surface area contributed by atoms with Crippen molar-refractivity contribution < 1.29 is 27.8 Å². The largest absolute Gasteiger partial charge is 0.573 e. The Balaban J connectivity index is 1.87. The van der Waals surface area contributed by atoms with E-state index < -0.39 is 23.9 Å². The summed E-state index contributed by atoms with van der Waals surface area (Å²) in [6.45, 7) is 0. The van der Waals surface area contributed by atoms with Crippen LogP contribution in [0.25, 0.3) is 10.9 Å². The molecule has 3 aromatic rings. The smallest absolute Gasteiger partial charge is 0.508 e. The fourth-order valence-corrected chi connectivity index (χ4v) is 3.22. The molecule has 0 fully saturated rings. The standard InChI is InChI=1S/C17H10F3N3O4/c18-17(19,20)27-8-2-4-11-9(6-8)13(16(25)22-11)15-14(23-26)10-5-7(24)1-3-12(10)21-15/h1-6,13,21,24H,(H,22,25). The summed E-state index contributed by atoms with van der Waals surface area (Å²) in [7, 11) is 0. The lowest BCUT2D eigenvalue weighted by Gasteiger charge is -2.12. The minimum atomic E-state index is -4.88. The third kappa shape index (κ3) is 2.84. The van der Waals surface area contributed by atoms with E-state index in [1.165, 1.54) is 24.3 Å². The lowest BCUT2D eigenvalue weighted by Crippen LogP contribution is -2.17. The van der Waals surface area contributed by atoms with E-state index in [0.717, 1.165) is 12.1 Å². The predicted octanol–water partition coefficient (Wildman–Crippen LogP) is 4.25. The summed E-state index contributed by atoms with van der Waals surface area (Å²) >= 11 is 0. The van der Waals surface area contributed by atoms with Gasteiger partial charge in [-0.15, -0.1) is 18.1 Å². The lowest BCUT2D eigenvalue weighted by atomic mass is 9.96. The van der Waals surface area contributed by atoms with Gasteiger partial charge in [-0.25, -0.2) is 0 Å². The SMILES string of the molecule is O=Nc1c(C2C(=O)Nc3ccc(OC(F)(F)F)cc32)[nH]c2ccc(O)cc12. The molecule has 0 radical (unpaired) electrons. The van der Waals surface area contributed by atoms with Gasteiger partial charge in [0, 0.05) is 16.6 Å². The van der Waals surface area contributed by atoms with Gasteiger partial charge < -0.3 is 20.1 Å². The Bertz CT molecular complexity index is 1090. The Labute approximate surface area is 148 Å². The van der Waals surface area contributed by atoms with Gasteiger partial charge in [-0.05, 0) is 47.1 Å². The average molecular weight is 377 g/mol. The van der Waals surface area contributed by atoms with Crippen molar-refractivity contribution in [2.24, 2.45) is 5.18 Å². The highest BCUT2D eigenvalue weighted by Crippen LogP contribution is 2.45. The molecule has 1 atom stereocenters. The molecule has 1 aromatic heterocycles. The van der Waals surface area contributed by atoms with Gasteiger partial charge in [-0.3, -0.25) is 4.79 Å². The van der Waals surface area contributed by atoms with Crippen molar-refractivity contribution in [3.05, 3.63) is 52.6 Å². The molecule has 7 nitrogen and oxygen atoms in total. The highest BCUT2D eigenvalue weighted by Gasteiger charge is 2.37. The van der Waals surface area contributed by atoms with Crippen LogP contribution in [-0.4, -0.2) is 22.4 Å². The second kappa shape index (κ2) is 5.73. The number of aromatic hydroxyl groups is 1. The fraction of sp³-hybridized carbons (Fsp3) is 0.118. The summed E-state index contributed by atoms with van der Waals surface area (Å²) in [6, 6.07) is 7.65. The Morgan fingerprint density at radius 1 is 1.15 bits per heavy atom. The van der Waals surface area contributed by atoms with Crippen LogP contribution in [0.15, 0.2) is 41.6 Å². The number of ether oxygens (including phenoxy) is 1. The molecule has 0 bridgehead atoms. The molecule has 10 heteroatoms. The molecule has 2 heterocycles. The maximum Gasteiger partial charge on any atom is 0.573 e. The summed E-state index contributed by atoms with van der Waals surface area (Å²) in [5, 5.41) is 15.4. The normalized spacial score (nSPS) is 16.3. The molecule has 4 rings (SSSR count). The molecular formula is C17H10F3N3O4. The van der Waals surface area contributed by atoms with Crippen LogP contribution in [0.3, 0.4) is 0 Å². The Kier molecular flexibility index (Phi) is 3.58. The molecule has 1 aliphatic heterocycles. The molecule has 3 N–H and O–H groups in total. The van der Waals surface area contributed by atoms with Crippen molar-refractivity contribution in [2.45, 2.75) is 12.3 Å². The average Bonchev–Trinajstić information content (AvgIpc) is 3.08. The number of rotatable bonds is 3. The number of hydrogen-bond acceptors (Lipinski definition) is 5. The van der Waals surface area contributed by atoms with Crippen LogP contribution in [0.2, 0.25) is 0 Å². The molecule has 0 aliphatic carbocycles. The number of benzene rings is 2. The monoisotopic (exact) mass is 377 g/mol. The molecule has 138 valence electrons. The van der Waals surface area contributed by atoms with Crippen LogP contribution in [0.5, 0.6) is 11.5 Å². The van der Waals surface area contributed by atoms with E-state index in [9.17, 15) is 28.0 Å². The van der Waals surface area contributed by atoms with Crippen molar-refractivity contribution in [3.63, 3.8) is 0 Å². The number of carbonyl (C=O) groups excluding carboxylic acids is 1. The Morgan fingerprint density at radius 3 is 2.63 bits per heavy atom. The van der Waals surface area contributed by atoms with E-state index >= 15 is 0 Å². The van der Waals surface area contributed by atoms with Crippen molar-refractivity contribution in [2.75, 3.05) is 5.32 Å². The molecular weight excluding hydrogens is 367 g/mol. The zero-order chi connectivity index (χ0) is 19.3. The second-order valence-electron chi connectivity index (χ2n) is 5.93. The van der Waals surface area contributed by atoms with Crippen LogP contribution < -0.4 is 10.1 Å². The van der Waals surface area contributed by atoms with E-state index in [2.05, 4.69) is 20.2 Å². The summed E-state index contributed by atoms with van der Waals surface area (Å²) in [6.07, 6.45) is -4.88. The van der Waals surface area contributed by atoms with Crippen molar-refractivity contribution in [1.29, 1.82) is 0 Å². The first-order chi connectivity index (χ1) is 12.8. The number of nitroso groups, excluding NO2 is 1. The minimum absolute atomic E-state index is 0.101. The number of fused-ring (bicyclic) bond motifs is 2. The molecule has 1 unspecified atom stereocenters. The third-order valence-electron chi connectivity index (χ3n) is 4.25. The first-order valence-corrected chi connectivity index (χ1v) is 7.65. The quantitative estimate of drug-likeness (QED) is 0.594. The van der Waals surface area contributed by atoms with E-state index in [1.54, 1.807) is 0 Å². The number of halogens is 3. The van der Waals surface area contributed by atoms with Crippen LogP contribution in [0.1, 0.15) is 17.2 Å². The van der Waals surface area contributed by atoms with Gasteiger partial charge in [0.2, 0.25) is 5.91 Å². The summed E-state index contributed by atoms with van der Waals surface area (Å²) < 4.78 is 41.4. The number of aromatic amines is 1. The number of H-pyrrole nitrogens is 1. The molecule has 0 spiro atoms. The molecule has 0 saturated carbocycles. The van der Waals surface area contributed by atoms with Gasteiger partial charge in [0.15, 0.2) is 0 Å². The van der Waals surface area contributed by atoms with Gasteiger partial charge in [0.25, 0.3) is 0 Å². The summed E-state index contributed by atoms with van der Waals surface area (Å²) in [4.78, 5) is 26.7. The first kappa shape index (κ1) is 16.9. The summed E-state index contributed by atoms with van der Waals surface area (Å²) in [5.74, 6) is -2.21. The van der Waals surface area contributed by atoms with Gasteiger partial charge in [0.05, 0.1) is 5.69 Å².